The number of fused-ring (bicyclic) bond motifs is 1. The fourth-order valence-corrected chi connectivity index (χ4v) is 3.53. The highest BCUT2D eigenvalue weighted by Crippen LogP contribution is 2.35. The topological polar surface area (TPSA) is 72.9 Å². The van der Waals surface area contributed by atoms with Crippen LogP contribution in [-0.2, 0) is 19.1 Å². The Kier molecular flexibility index (Phi) is 5.94. The quantitative estimate of drug-likeness (QED) is 0.319. The summed E-state index contributed by atoms with van der Waals surface area (Å²) in [5, 5.41) is 0. The number of rotatable bonds is 7. The lowest BCUT2D eigenvalue weighted by molar-refractivity contribution is -0.146. The Hall–Kier alpha value is -2.63. The summed E-state index contributed by atoms with van der Waals surface area (Å²) < 4.78 is 10.8. The summed E-state index contributed by atoms with van der Waals surface area (Å²) in [7, 11) is 0. The van der Waals surface area contributed by atoms with Crippen molar-refractivity contribution in [3.63, 3.8) is 0 Å². The van der Waals surface area contributed by atoms with Gasteiger partial charge in [0.15, 0.2) is 0 Å². The number of benzene rings is 1. The summed E-state index contributed by atoms with van der Waals surface area (Å²) in [5.74, 6) is -0.515. The zero-order valence-corrected chi connectivity index (χ0v) is 15.8. The fraction of sp³-hybridized carbons (Fsp3) is 0.476. The van der Waals surface area contributed by atoms with Crippen molar-refractivity contribution < 1.29 is 23.9 Å². The smallest absolute Gasteiger partial charge is 0.307 e. The highest BCUT2D eigenvalue weighted by molar-refractivity contribution is 6.05. The van der Waals surface area contributed by atoms with Crippen LogP contribution in [0.3, 0.4) is 0 Å². The number of allylic oxidation sites excluding steroid dienone is 2. The molecule has 1 aromatic rings. The number of ether oxygens (including phenoxy) is 2. The molecule has 6 heteroatoms. The van der Waals surface area contributed by atoms with E-state index in [0.717, 1.165) is 16.9 Å². The van der Waals surface area contributed by atoms with E-state index >= 15 is 0 Å². The van der Waals surface area contributed by atoms with E-state index in [1.54, 1.807) is 0 Å². The Morgan fingerprint density at radius 2 is 1.74 bits per heavy atom. The monoisotopic (exact) mass is 371 g/mol. The van der Waals surface area contributed by atoms with Gasteiger partial charge < -0.3 is 9.47 Å². The molecule has 0 N–H and O–H groups in total. The summed E-state index contributed by atoms with van der Waals surface area (Å²) in [6, 6.07) is 5.93. The molecule has 144 valence electrons. The number of likely N-dealkylation sites (tertiary alicyclic amines) is 1. The molecule has 2 aliphatic rings. The van der Waals surface area contributed by atoms with Gasteiger partial charge in [-0.15, -0.1) is 0 Å². The molecule has 0 spiro atoms. The average molecular weight is 371 g/mol. The van der Waals surface area contributed by atoms with E-state index in [1.807, 2.05) is 44.2 Å². The van der Waals surface area contributed by atoms with Crippen molar-refractivity contribution in [3.8, 4) is 5.75 Å². The van der Waals surface area contributed by atoms with Gasteiger partial charge in [-0.2, -0.15) is 0 Å². The van der Waals surface area contributed by atoms with Crippen molar-refractivity contribution in [1.29, 1.82) is 0 Å². The van der Waals surface area contributed by atoms with E-state index in [-0.39, 0.29) is 49.8 Å². The standard InChI is InChI=1S/C21H25NO5/c1-14-7-8-15(2)18(13-14)26-11-12-27-19(23)9-10-22-20(24)16-5-3-4-6-17(16)21(22)25/h3-4,7-8,13,16-17H,5-6,9-12H2,1-2H3/t16-,17-/m1/s1. The van der Waals surface area contributed by atoms with Crippen LogP contribution in [0.15, 0.2) is 30.4 Å². The van der Waals surface area contributed by atoms with Gasteiger partial charge in [0.05, 0.1) is 18.3 Å². The molecule has 27 heavy (non-hydrogen) atoms. The fourth-order valence-electron chi connectivity index (χ4n) is 3.53. The van der Waals surface area contributed by atoms with Gasteiger partial charge in [-0.3, -0.25) is 19.3 Å². The molecule has 0 bridgehead atoms. The van der Waals surface area contributed by atoms with E-state index in [1.165, 1.54) is 4.90 Å². The largest absolute Gasteiger partial charge is 0.490 e. The first-order valence-corrected chi connectivity index (χ1v) is 9.33. The third kappa shape index (κ3) is 4.38. The minimum atomic E-state index is -0.437. The summed E-state index contributed by atoms with van der Waals surface area (Å²) in [4.78, 5) is 37.8. The normalized spacial score (nSPS) is 21.3. The van der Waals surface area contributed by atoms with Crippen LogP contribution in [0.4, 0.5) is 0 Å². The molecular formula is C21H25NO5. The minimum Gasteiger partial charge on any atom is -0.490 e. The molecule has 6 nitrogen and oxygen atoms in total. The maximum absolute atomic E-state index is 12.3. The predicted molar refractivity (Wildman–Crippen MR) is 99.1 cm³/mol. The van der Waals surface area contributed by atoms with E-state index in [2.05, 4.69) is 0 Å². The van der Waals surface area contributed by atoms with Crippen LogP contribution in [0.25, 0.3) is 0 Å². The van der Waals surface area contributed by atoms with Crippen molar-refractivity contribution in [2.75, 3.05) is 19.8 Å². The molecule has 1 saturated heterocycles. The van der Waals surface area contributed by atoms with Gasteiger partial charge in [0, 0.05) is 6.54 Å². The summed E-state index contributed by atoms with van der Waals surface area (Å²) in [5.41, 5.74) is 2.12. The van der Waals surface area contributed by atoms with Crippen LogP contribution in [0, 0.1) is 25.7 Å². The molecule has 1 heterocycles. The molecule has 3 rings (SSSR count). The molecule has 0 aromatic heterocycles. The lowest BCUT2D eigenvalue weighted by Crippen LogP contribution is -2.33. The van der Waals surface area contributed by atoms with E-state index < -0.39 is 5.97 Å². The number of nitrogens with zero attached hydrogens (tertiary/aromatic N) is 1. The van der Waals surface area contributed by atoms with Crippen LogP contribution in [0.5, 0.6) is 5.75 Å². The number of imide groups is 1. The zero-order valence-electron chi connectivity index (χ0n) is 15.8. The average Bonchev–Trinajstić information content (AvgIpc) is 2.90. The highest BCUT2D eigenvalue weighted by atomic mass is 16.6. The summed E-state index contributed by atoms with van der Waals surface area (Å²) in [6.45, 7) is 4.41. The second-order valence-electron chi connectivity index (χ2n) is 7.07. The van der Waals surface area contributed by atoms with E-state index in [0.29, 0.717) is 12.8 Å². The van der Waals surface area contributed by atoms with Crippen molar-refractivity contribution >= 4 is 17.8 Å². The van der Waals surface area contributed by atoms with Gasteiger partial charge in [-0.1, -0.05) is 24.3 Å². The molecule has 1 aromatic carbocycles. The molecule has 2 atom stereocenters. The molecule has 0 unspecified atom stereocenters. The number of carbonyl (C=O) groups is 3. The number of esters is 1. The predicted octanol–water partition coefficient (Wildman–Crippen LogP) is 2.57. The second-order valence-corrected chi connectivity index (χ2v) is 7.07. The van der Waals surface area contributed by atoms with Crippen LogP contribution in [0.2, 0.25) is 0 Å². The van der Waals surface area contributed by atoms with Gasteiger partial charge >= 0.3 is 5.97 Å². The lowest BCUT2D eigenvalue weighted by Gasteiger charge is -2.14. The van der Waals surface area contributed by atoms with Crippen molar-refractivity contribution in [1.82, 2.24) is 4.90 Å². The molecule has 1 fully saturated rings. The minimum absolute atomic E-state index is 0.00776. The van der Waals surface area contributed by atoms with Crippen LogP contribution in [-0.4, -0.2) is 42.4 Å². The van der Waals surface area contributed by atoms with Gasteiger partial charge in [-0.05, 0) is 43.9 Å². The molecule has 0 saturated carbocycles. The molecule has 0 radical (unpaired) electrons. The third-order valence-corrected chi connectivity index (χ3v) is 5.09. The lowest BCUT2D eigenvalue weighted by atomic mass is 9.85. The maximum atomic E-state index is 12.3. The second kappa shape index (κ2) is 8.37. The first-order chi connectivity index (χ1) is 13.0. The zero-order chi connectivity index (χ0) is 19.4. The van der Waals surface area contributed by atoms with Crippen LogP contribution < -0.4 is 4.74 Å². The van der Waals surface area contributed by atoms with Crippen molar-refractivity contribution in [2.24, 2.45) is 11.8 Å². The Balaban J connectivity index is 1.39. The van der Waals surface area contributed by atoms with E-state index in [4.69, 9.17) is 9.47 Å². The number of amides is 2. The number of hydrogen-bond donors (Lipinski definition) is 0. The Morgan fingerprint density at radius 1 is 1.07 bits per heavy atom. The summed E-state index contributed by atoms with van der Waals surface area (Å²) in [6.07, 6.45) is 5.10. The van der Waals surface area contributed by atoms with Gasteiger partial charge in [0.25, 0.3) is 0 Å². The van der Waals surface area contributed by atoms with Gasteiger partial charge in [-0.25, -0.2) is 0 Å². The Bertz CT molecular complexity index is 744. The van der Waals surface area contributed by atoms with Crippen LogP contribution in [0.1, 0.15) is 30.4 Å². The van der Waals surface area contributed by atoms with Crippen molar-refractivity contribution in [2.45, 2.75) is 33.1 Å². The van der Waals surface area contributed by atoms with Gasteiger partial charge in [0.2, 0.25) is 11.8 Å². The first kappa shape index (κ1) is 19.1. The van der Waals surface area contributed by atoms with Crippen molar-refractivity contribution in [3.05, 3.63) is 41.5 Å². The molecule has 2 amide bonds. The SMILES string of the molecule is Cc1ccc(C)c(OCCOC(=O)CCN2C(=O)[C@@H]3CC=CC[C@H]3C2=O)c1. The van der Waals surface area contributed by atoms with Crippen LogP contribution >= 0.6 is 0 Å². The maximum Gasteiger partial charge on any atom is 0.307 e. The third-order valence-electron chi connectivity index (χ3n) is 5.09. The Morgan fingerprint density at radius 3 is 2.41 bits per heavy atom. The van der Waals surface area contributed by atoms with E-state index in [9.17, 15) is 14.4 Å². The number of carbonyl (C=O) groups excluding carboxylic acids is 3. The number of hydrogen-bond acceptors (Lipinski definition) is 5. The van der Waals surface area contributed by atoms with Gasteiger partial charge in [0.1, 0.15) is 19.0 Å². The molecule has 1 aliphatic heterocycles. The molecule has 1 aliphatic carbocycles. The summed E-state index contributed by atoms with van der Waals surface area (Å²) >= 11 is 0. The number of aryl methyl sites for hydroxylation is 2. The Labute approximate surface area is 159 Å². The first-order valence-electron chi connectivity index (χ1n) is 9.33. The highest BCUT2D eigenvalue weighted by Gasteiger charge is 2.46. The molecular weight excluding hydrogens is 346 g/mol.